The van der Waals surface area contributed by atoms with Gasteiger partial charge in [-0.2, -0.15) is 0 Å². The van der Waals surface area contributed by atoms with Gasteiger partial charge in [-0.3, -0.25) is 4.57 Å². The number of nitrogens with zero attached hydrogens (tertiary/aromatic N) is 6. The molecular weight excluding hydrogens is 516 g/mol. The summed E-state index contributed by atoms with van der Waals surface area (Å²) < 4.78 is 4.65. The van der Waals surface area contributed by atoms with Crippen LogP contribution in [-0.4, -0.2) is 29.1 Å². The molecule has 0 bridgehead atoms. The molecule has 0 amide bonds. The molecule has 42 heavy (non-hydrogen) atoms. The molecule has 0 N–H and O–H groups in total. The first-order chi connectivity index (χ1) is 20.9. The van der Waals surface area contributed by atoms with Crippen LogP contribution in [0.25, 0.3) is 77.3 Å². The quantitative estimate of drug-likeness (QED) is 0.227. The highest BCUT2D eigenvalue weighted by atomic mass is 15.1. The second-order valence-electron chi connectivity index (χ2n) is 10.4. The van der Waals surface area contributed by atoms with Crippen molar-refractivity contribution in [2.45, 2.75) is 0 Å². The third kappa shape index (κ3) is 3.14. The molecule has 0 aliphatic carbocycles. The van der Waals surface area contributed by atoms with Gasteiger partial charge in [0, 0.05) is 50.4 Å². The molecule has 5 aromatic carbocycles. The van der Waals surface area contributed by atoms with Crippen LogP contribution in [-0.2, 0) is 0 Å². The minimum Gasteiger partial charge on any atom is -0.307 e. The zero-order chi connectivity index (χ0) is 27.6. The van der Waals surface area contributed by atoms with E-state index in [9.17, 15) is 0 Å². The van der Waals surface area contributed by atoms with Crippen LogP contribution >= 0.6 is 0 Å². The lowest BCUT2D eigenvalue weighted by molar-refractivity contribution is 1.04. The van der Waals surface area contributed by atoms with Crippen molar-refractivity contribution >= 4 is 54.5 Å². The van der Waals surface area contributed by atoms with Gasteiger partial charge in [-0.1, -0.05) is 84.9 Å². The van der Waals surface area contributed by atoms with E-state index in [4.69, 9.17) is 9.97 Å². The van der Waals surface area contributed by atoms with Gasteiger partial charge < -0.3 is 4.57 Å². The maximum atomic E-state index is 4.90. The topological polar surface area (TPSA) is 61.4 Å². The summed E-state index contributed by atoms with van der Waals surface area (Å²) in [6, 6.07) is 40.0. The Hall–Kier alpha value is -5.88. The van der Waals surface area contributed by atoms with Gasteiger partial charge in [0.1, 0.15) is 18.5 Å². The van der Waals surface area contributed by atoms with E-state index < -0.39 is 0 Å². The van der Waals surface area contributed by atoms with E-state index >= 15 is 0 Å². The van der Waals surface area contributed by atoms with Crippen LogP contribution in [0.15, 0.2) is 134 Å². The molecule has 0 spiro atoms. The molecule has 4 heterocycles. The molecule has 0 atom stereocenters. The van der Waals surface area contributed by atoms with Crippen molar-refractivity contribution in [3.05, 3.63) is 134 Å². The number of para-hydroxylation sites is 3. The molecule has 6 heteroatoms. The van der Waals surface area contributed by atoms with Crippen LogP contribution in [0.5, 0.6) is 0 Å². The van der Waals surface area contributed by atoms with Gasteiger partial charge in [0.25, 0.3) is 0 Å². The van der Waals surface area contributed by atoms with Gasteiger partial charge in [-0.25, -0.2) is 19.9 Å². The van der Waals surface area contributed by atoms with Crippen LogP contribution in [0.2, 0.25) is 0 Å². The number of hydrogen-bond donors (Lipinski definition) is 0. The Kier molecular flexibility index (Phi) is 4.80. The van der Waals surface area contributed by atoms with Crippen molar-refractivity contribution in [2.75, 3.05) is 0 Å². The zero-order valence-electron chi connectivity index (χ0n) is 22.4. The first kappa shape index (κ1) is 22.9. The van der Waals surface area contributed by atoms with E-state index in [0.717, 1.165) is 77.3 Å². The first-order valence-electron chi connectivity index (χ1n) is 13.9. The lowest BCUT2D eigenvalue weighted by Gasteiger charge is -2.13. The summed E-state index contributed by atoms with van der Waals surface area (Å²) in [4.78, 5) is 18.9. The summed E-state index contributed by atoms with van der Waals surface area (Å²) in [5.74, 6) is 0.801. The Balaban J connectivity index is 1.57. The number of aromatic nitrogens is 6. The largest absolute Gasteiger partial charge is 0.307 e. The van der Waals surface area contributed by atoms with Gasteiger partial charge in [0.15, 0.2) is 0 Å². The minimum absolute atomic E-state index is 0.801. The lowest BCUT2D eigenvalue weighted by Crippen LogP contribution is -2.02. The van der Waals surface area contributed by atoms with Crippen molar-refractivity contribution in [3.8, 4) is 22.8 Å². The van der Waals surface area contributed by atoms with Crippen molar-refractivity contribution in [1.82, 2.24) is 29.1 Å². The van der Waals surface area contributed by atoms with Crippen molar-refractivity contribution in [3.63, 3.8) is 0 Å². The summed E-state index contributed by atoms with van der Waals surface area (Å²) in [6.07, 6.45) is 5.26. The monoisotopic (exact) mass is 538 g/mol. The third-order valence-electron chi connectivity index (χ3n) is 8.16. The molecule has 9 rings (SSSR count). The number of rotatable bonds is 3. The van der Waals surface area contributed by atoms with Gasteiger partial charge in [-0.05, 0) is 24.3 Å². The summed E-state index contributed by atoms with van der Waals surface area (Å²) in [6.45, 7) is 0. The van der Waals surface area contributed by atoms with Gasteiger partial charge in [0.2, 0.25) is 0 Å². The predicted molar refractivity (Wildman–Crippen MR) is 169 cm³/mol. The van der Waals surface area contributed by atoms with Gasteiger partial charge in [-0.15, -0.1) is 0 Å². The maximum Gasteiger partial charge on any atom is 0.141 e. The summed E-state index contributed by atoms with van der Waals surface area (Å²) in [5, 5.41) is 5.50. The Morgan fingerprint density at radius 2 is 1.14 bits per heavy atom. The van der Waals surface area contributed by atoms with E-state index in [-0.39, 0.29) is 0 Å². The first-order valence-corrected chi connectivity index (χ1v) is 13.9. The summed E-state index contributed by atoms with van der Waals surface area (Å²) >= 11 is 0. The highest BCUT2D eigenvalue weighted by molar-refractivity contribution is 6.35. The van der Waals surface area contributed by atoms with Gasteiger partial charge in [0.05, 0.1) is 33.3 Å². The molecule has 0 fully saturated rings. The lowest BCUT2D eigenvalue weighted by atomic mass is 10.0. The third-order valence-corrected chi connectivity index (χ3v) is 8.16. The molecule has 0 saturated carbocycles. The van der Waals surface area contributed by atoms with E-state index in [1.807, 2.05) is 24.4 Å². The highest BCUT2D eigenvalue weighted by Gasteiger charge is 2.25. The van der Waals surface area contributed by atoms with Gasteiger partial charge >= 0.3 is 0 Å². The number of hydrogen-bond acceptors (Lipinski definition) is 4. The van der Waals surface area contributed by atoms with Crippen LogP contribution in [0.1, 0.15) is 0 Å². The molecular formula is C36H22N6. The normalized spacial score (nSPS) is 11.8. The molecule has 0 saturated heterocycles. The van der Waals surface area contributed by atoms with Crippen molar-refractivity contribution in [2.24, 2.45) is 0 Å². The van der Waals surface area contributed by atoms with Crippen molar-refractivity contribution < 1.29 is 0 Å². The average Bonchev–Trinajstić information content (AvgIpc) is 3.60. The van der Waals surface area contributed by atoms with E-state index in [1.165, 1.54) is 0 Å². The SMILES string of the molecule is c1ccc(-c2cc(-n3c4ccccc4c4c5ncncc5c5c6ccccc6n(-c6ccccc6)c5c43)ncn2)cc1. The van der Waals surface area contributed by atoms with Crippen LogP contribution in [0, 0.1) is 0 Å². The van der Waals surface area contributed by atoms with Crippen LogP contribution in [0.3, 0.4) is 0 Å². The Morgan fingerprint density at radius 3 is 1.93 bits per heavy atom. The summed E-state index contributed by atoms with van der Waals surface area (Å²) in [7, 11) is 0. The minimum atomic E-state index is 0.801. The van der Waals surface area contributed by atoms with Crippen molar-refractivity contribution in [1.29, 1.82) is 0 Å². The average molecular weight is 539 g/mol. The molecule has 9 aromatic rings. The second-order valence-corrected chi connectivity index (χ2v) is 10.4. The fraction of sp³-hybridized carbons (Fsp3) is 0. The standard InChI is InChI=1S/C36H22N6/c1-3-11-23(12-4-1)28-19-31(39-22-38-28)42-30-18-10-8-16-26(30)33-34-27(20-37-21-40-34)32-25-15-7-9-17-29(25)41(35(32)36(33)42)24-13-5-2-6-14-24/h1-22H. The molecule has 0 aliphatic rings. The Bertz CT molecular complexity index is 2460. The van der Waals surface area contributed by atoms with E-state index in [0.29, 0.717) is 0 Å². The van der Waals surface area contributed by atoms with Crippen LogP contribution < -0.4 is 0 Å². The van der Waals surface area contributed by atoms with E-state index in [1.54, 1.807) is 12.7 Å². The number of benzene rings is 5. The molecule has 196 valence electrons. The summed E-state index contributed by atoms with van der Waals surface area (Å²) in [5.41, 5.74) is 8.26. The molecule has 4 aromatic heterocycles. The van der Waals surface area contributed by atoms with E-state index in [2.05, 4.69) is 116 Å². The second kappa shape index (κ2) is 8.81. The molecule has 0 aliphatic heterocycles. The number of fused-ring (bicyclic) bond motifs is 10. The predicted octanol–water partition coefficient (Wildman–Crippen LogP) is 8.28. The Labute approximate surface area is 240 Å². The molecule has 6 nitrogen and oxygen atoms in total. The molecule has 0 radical (unpaired) electrons. The Morgan fingerprint density at radius 1 is 0.500 bits per heavy atom. The fourth-order valence-electron chi connectivity index (χ4n) is 6.47. The molecule has 0 unspecified atom stereocenters. The fourth-order valence-corrected chi connectivity index (χ4v) is 6.47. The smallest absolute Gasteiger partial charge is 0.141 e. The van der Waals surface area contributed by atoms with Crippen LogP contribution in [0.4, 0.5) is 0 Å². The highest BCUT2D eigenvalue weighted by Crippen LogP contribution is 2.45. The maximum absolute atomic E-state index is 4.90. The zero-order valence-corrected chi connectivity index (χ0v) is 22.4.